The Morgan fingerprint density at radius 3 is 2.34 bits per heavy atom. The molecule has 41 heavy (non-hydrogen) atoms. The van der Waals surface area contributed by atoms with E-state index < -0.39 is 32.8 Å². The van der Waals surface area contributed by atoms with Gasteiger partial charge in [-0.3, -0.25) is 4.79 Å². The Morgan fingerprint density at radius 1 is 0.854 bits per heavy atom. The van der Waals surface area contributed by atoms with Gasteiger partial charge in [0.2, 0.25) is 9.84 Å². The molecule has 5 aromatic rings. The van der Waals surface area contributed by atoms with Crippen LogP contribution in [0.5, 0.6) is 11.5 Å². The van der Waals surface area contributed by atoms with Crippen LogP contribution in [0.2, 0.25) is 0 Å². The fraction of sp³-hybridized carbons (Fsp3) is 0.0645. The molecule has 1 aliphatic heterocycles. The average Bonchev–Trinajstić information content (AvgIpc) is 2.96. The Labute approximate surface area is 233 Å². The zero-order valence-electron chi connectivity index (χ0n) is 21.3. The summed E-state index contributed by atoms with van der Waals surface area (Å²) in [7, 11) is -4.10. The van der Waals surface area contributed by atoms with Crippen LogP contribution in [0.4, 0.5) is 14.5 Å². The quantitative estimate of drug-likeness (QED) is 0.267. The molecule has 0 atom stereocenters. The summed E-state index contributed by atoms with van der Waals surface area (Å²) >= 11 is 0. The standard InChI is InChI=1S/C31H22F2N2O5S/c32-21-8-6-19(7-9-21)16-35-27-13-10-22(33)14-24(27)30(36)29(31(35)37)26-18-41(38,39)28-15-23(11-12-25(28)34-26)40-17-20-4-2-1-3-5-20/h1-15,18,34,36H,16-17H2. The topological polar surface area (TPSA) is 97.6 Å². The molecule has 10 heteroatoms. The van der Waals surface area contributed by atoms with Gasteiger partial charge in [0.15, 0.2) is 0 Å². The largest absolute Gasteiger partial charge is 0.506 e. The lowest BCUT2D eigenvalue weighted by atomic mass is 10.1. The molecule has 0 spiro atoms. The van der Waals surface area contributed by atoms with E-state index in [0.29, 0.717) is 11.3 Å². The molecule has 0 saturated carbocycles. The maximum atomic E-state index is 14.2. The Kier molecular flexibility index (Phi) is 6.55. The predicted octanol–water partition coefficient (Wildman–Crippen LogP) is 5.81. The van der Waals surface area contributed by atoms with E-state index in [2.05, 4.69) is 5.32 Å². The Hall–Kier alpha value is -4.96. The van der Waals surface area contributed by atoms with Crippen LogP contribution in [0.15, 0.2) is 106 Å². The van der Waals surface area contributed by atoms with Gasteiger partial charge in [0.25, 0.3) is 5.56 Å². The fourth-order valence-corrected chi connectivity index (χ4v) is 6.09. The van der Waals surface area contributed by atoms with Crippen LogP contribution in [-0.4, -0.2) is 18.1 Å². The van der Waals surface area contributed by atoms with Crippen molar-refractivity contribution in [3.8, 4) is 11.5 Å². The van der Waals surface area contributed by atoms with E-state index in [1.807, 2.05) is 30.3 Å². The van der Waals surface area contributed by atoms with Gasteiger partial charge in [-0.1, -0.05) is 42.5 Å². The van der Waals surface area contributed by atoms with Crippen molar-refractivity contribution in [2.45, 2.75) is 18.0 Å². The molecule has 2 N–H and O–H groups in total. The highest BCUT2D eigenvalue weighted by Gasteiger charge is 2.29. The Morgan fingerprint density at radius 2 is 1.59 bits per heavy atom. The SMILES string of the molecule is O=c1c(C2=CS(=O)(=O)c3cc(OCc4ccccc4)ccc3N2)c(O)c2cc(F)ccc2n1Cc1ccc(F)cc1. The zero-order valence-corrected chi connectivity index (χ0v) is 22.2. The molecule has 0 radical (unpaired) electrons. The van der Waals surface area contributed by atoms with Crippen LogP contribution in [0.1, 0.15) is 16.7 Å². The van der Waals surface area contributed by atoms with Gasteiger partial charge in [-0.15, -0.1) is 0 Å². The van der Waals surface area contributed by atoms with E-state index in [9.17, 15) is 27.1 Å². The van der Waals surface area contributed by atoms with Gasteiger partial charge in [-0.05, 0) is 53.6 Å². The van der Waals surface area contributed by atoms with Crippen molar-refractivity contribution in [2.75, 3.05) is 5.32 Å². The minimum atomic E-state index is -4.10. The monoisotopic (exact) mass is 572 g/mol. The number of benzene rings is 4. The zero-order chi connectivity index (χ0) is 28.7. The van der Waals surface area contributed by atoms with E-state index in [-0.39, 0.29) is 45.9 Å². The van der Waals surface area contributed by atoms with Gasteiger partial charge in [-0.2, -0.15) is 0 Å². The van der Waals surface area contributed by atoms with Gasteiger partial charge in [-0.25, -0.2) is 17.2 Å². The lowest BCUT2D eigenvalue weighted by molar-refractivity contribution is 0.305. The first-order valence-corrected chi connectivity index (χ1v) is 14.1. The lowest BCUT2D eigenvalue weighted by Crippen LogP contribution is -2.27. The number of ether oxygens (including phenoxy) is 1. The minimum Gasteiger partial charge on any atom is -0.506 e. The van der Waals surface area contributed by atoms with Crippen molar-refractivity contribution in [3.63, 3.8) is 0 Å². The first-order chi connectivity index (χ1) is 19.7. The van der Waals surface area contributed by atoms with Gasteiger partial charge in [0.05, 0.1) is 33.7 Å². The van der Waals surface area contributed by atoms with E-state index >= 15 is 0 Å². The summed E-state index contributed by atoms with van der Waals surface area (Å²) in [4.78, 5) is 13.7. The highest BCUT2D eigenvalue weighted by Crippen LogP contribution is 2.39. The number of sulfone groups is 1. The first-order valence-electron chi connectivity index (χ1n) is 12.5. The molecule has 4 aromatic carbocycles. The summed E-state index contributed by atoms with van der Waals surface area (Å²) in [6, 6.07) is 22.9. The molecule has 0 amide bonds. The van der Waals surface area contributed by atoms with Crippen LogP contribution >= 0.6 is 0 Å². The third-order valence-corrected chi connectivity index (χ3v) is 8.27. The highest BCUT2D eigenvalue weighted by molar-refractivity contribution is 7.94. The molecule has 0 unspecified atom stereocenters. The molecule has 0 fully saturated rings. The average molecular weight is 573 g/mol. The van der Waals surface area contributed by atoms with Crippen molar-refractivity contribution in [1.29, 1.82) is 0 Å². The number of anilines is 1. The van der Waals surface area contributed by atoms with Gasteiger partial charge < -0.3 is 19.7 Å². The number of hydrogen-bond acceptors (Lipinski definition) is 6. The molecule has 7 nitrogen and oxygen atoms in total. The summed E-state index contributed by atoms with van der Waals surface area (Å²) in [5.74, 6) is -1.34. The van der Waals surface area contributed by atoms with Crippen molar-refractivity contribution in [3.05, 3.63) is 135 Å². The molecule has 0 bridgehead atoms. The normalized spacial score (nSPS) is 13.8. The Bertz CT molecular complexity index is 2010. The van der Waals surface area contributed by atoms with Crippen LogP contribution in [0.3, 0.4) is 0 Å². The second-order valence-corrected chi connectivity index (χ2v) is 11.3. The molecule has 1 aliphatic rings. The number of rotatable bonds is 6. The van der Waals surface area contributed by atoms with Crippen molar-refractivity contribution < 1.29 is 27.0 Å². The summed E-state index contributed by atoms with van der Waals surface area (Å²) in [6.45, 7) is 0.205. The number of halogens is 2. The number of aromatic nitrogens is 1. The molecule has 2 heterocycles. The van der Waals surface area contributed by atoms with Crippen LogP contribution in [0.25, 0.3) is 16.6 Å². The molecule has 0 aliphatic carbocycles. The number of nitrogens with zero attached hydrogens (tertiary/aromatic N) is 1. The highest BCUT2D eigenvalue weighted by atomic mass is 32.2. The summed E-state index contributed by atoms with van der Waals surface area (Å²) in [5.41, 5.74) is 0.655. The van der Waals surface area contributed by atoms with Crippen molar-refractivity contribution in [2.24, 2.45) is 0 Å². The fourth-order valence-electron chi connectivity index (χ4n) is 4.77. The molecule has 6 rings (SSSR count). The number of pyridine rings is 1. The van der Waals surface area contributed by atoms with Crippen LogP contribution in [0, 0.1) is 11.6 Å². The van der Waals surface area contributed by atoms with E-state index in [0.717, 1.165) is 23.1 Å². The van der Waals surface area contributed by atoms with E-state index in [4.69, 9.17) is 4.74 Å². The number of nitrogens with one attached hydrogen (secondary N) is 1. The minimum absolute atomic E-state index is 0.0114. The van der Waals surface area contributed by atoms with Crippen LogP contribution < -0.4 is 15.6 Å². The summed E-state index contributed by atoms with van der Waals surface area (Å²) < 4.78 is 61.5. The number of aromatic hydroxyl groups is 1. The third-order valence-electron chi connectivity index (χ3n) is 6.77. The van der Waals surface area contributed by atoms with Gasteiger partial charge in [0, 0.05) is 11.5 Å². The predicted molar refractivity (Wildman–Crippen MR) is 151 cm³/mol. The first kappa shape index (κ1) is 26.3. The second-order valence-electron chi connectivity index (χ2n) is 9.54. The maximum Gasteiger partial charge on any atom is 0.264 e. The van der Waals surface area contributed by atoms with E-state index in [1.165, 1.54) is 47.0 Å². The Balaban J connectivity index is 1.43. The van der Waals surface area contributed by atoms with Crippen molar-refractivity contribution in [1.82, 2.24) is 4.57 Å². The van der Waals surface area contributed by atoms with Gasteiger partial charge in [0.1, 0.15) is 35.3 Å². The molecule has 0 saturated heterocycles. The maximum absolute atomic E-state index is 14.2. The number of hydrogen-bond donors (Lipinski definition) is 2. The molecular weight excluding hydrogens is 550 g/mol. The van der Waals surface area contributed by atoms with Gasteiger partial charge >= 0.3 is 0 Å². The van der Waals surface area contributed by atoms with Crippen LogP contribution in [-0.2, 0) is 23.0 Å². The van der Waals surface area contributed by atoms with E-state index in [1.54, 1.807) is 6.07 Å². The smallest absolute Gasteiger partial charge is 0.264 e. The molecular formula is C31H22F2N2O5S. The lowest BCUT2D eigenvalue weighted by Gasteiger charge is -2.22. The summed E-state index contributed by atoms with van der Waals surface area (Å²) in [5, 5.41) is 15.0. The third kappa shape index (κ3) is 5.05. The second kappa shape index (κ2) is 10.2. The molecule has 206 valence electrons. The molecule has 1 aromatic heterocycles. The summed E-state index contributed by atoms with van der Waals surface area (Å²) in [6.07, 6.45) is 0. The van der Waals surface area contributed by atoms with Crippen molar-refractivity contribution >= 4 is 32.1 Å². The number of fused-ring (bicyclic) bond motifs is 2.